The normalized spacial score (nSPS) is 20.6. The van der Waals surface area contributed by atoms with Crippen molar-refractivity contribution in [1.29, 1.82) is 0 Å². The molecular weight excluding hydrogens is 182 g/mol. The van der Waals surface area contributed by atoms with Gasteiger partial charge >= 0.3 is 0 Å². The first kappa shape index (κ1) is 13.0. The Balaban J connectivity index is 2.20. The first-order chi connectivity index (χ1) is 7.10. The summed E-state index contributed by atoms with van der Waals surface area (Å²) < 4.78 is 0. The van der Waals surface area contributed by atoms with Gasteiger partial charge in [-0.05, 0) is 50.5 Å². The van der Waals surface area contributed by atoms with Crippen LogP contribution in [0.15, 0.2) is 0 Å². The molecule has 1 rings (SSSR count). The van der Waals surface area contributed by atoms with E-state index in [-0.39, 0.29) is 0 Å². The highest BCUT2D eigenvalue weighted by Gasteiger charge is 2.46. The standard InChI is InChI=1S/C14H29N/c1-5-11-15-13(4)14(9-10-14)8-6-7-12(2)3/h12-13,15H,5-11H2,1-4H3. The molecule has 0 heterocycles. The molecular formula is C14H29N. The minimum absolute atomic E-state index is 0.685. The summed E-state index contributed by atoms with van der Waals surface area (Å²) in [7, 11) is 0. The molecule has 0 aromatic carbocycles. The second-order valence-corrected chi connectivity index (χ2v) is 5.82. The van der Waals surface area contributed by atoms with Crippen LogP contribution in [0.3, 0.4) is 0 Å². The lowest BCUT2D eigenvalue weighted by Crippen LogP contribution is -2.35. The van der Waals surface area contributed by atoms with E-state index in [1.807, 2.05) is 0 Å². The van der Waals surface area contributed by atoms with Crippen LogP contribution in [0.25, 0.3) is 0 Å². The van der Waals surface area contributed by atoms with Crippen LogP contribution in [-0.4, -0.2) is 12.6 Å². The third-order valence-electron chi connectivity index (χ3n) is 3.97. The molecule has 0 spiro atoms. The summed E-state index contributed by atoms with van der Waals surface area (Å²) in [5, 5.41) is 3.67. The lowest BCUT2D eigenvalue weighted by molar-refractivity contribution is 0.314. The molecule has 90 valence electrons. The monoisotopic (exact) mass is 211 g/mol. The van der Waals surface area contributed by atoms with E-state index in [2.05, 4.69) is 33.0 Å². The minimum atomic E-state index is 0.685. The molecule has 0 aromatic rings. The first-order valence-electron chi connectivity index (χ1n) is 6.84. The molecule has 0 radical (unpaired) electrons. The van der Waals surface area contributed by atoms with Gasteiger partial charge in [-0.25, -0.2) is 0 Å². The van der Waals surface area contributed by atoms with Crippen molar-refractivity contribution in [3.05, 3.63) is 0 Å². The SMILES string of the molecule is CCCNC(C)C1(CCCC(C)C)CC1. The zero-order valence-electron chi connectivity index (χ0n) is 11.1. The molecule has 1 aliphatic rings. The zero-order valence-corrected chi connectivity index (χ0v) is 11.1. The molecule has 1 aliphatic carbocycles. The molecule has 1 unspecified atom stereocenters. The van der Waals surface area contributed by atoms with Gasteiger partial charge in [0.05, 0.1) is 0 Å². The number of hydrogen-bond donors (Lipinski definition) is 1. The number of hydrogen-bond acceptors (Lipinski definition) is 1. The predicted molar refractivity (Wildman–Crippen MR) is 68.1 cm³/mol. The summed E-state index contributed by atoms with van der Waals surface area (Å²) in [5.41, 5.74) is 0.685. The molecule has 15 heavy (non-hydrogen) atoms. The Morgan fingerprint density at radius 2 is 1.87 bits per heavy atom. The van der Waals surface area contributed by atoms with Gasteiger partial charge in [0.25, 0.3) is 0 Å². The van der Waals surface area contributed by atoms with Gasteiger partial charge in [-0.15, -0.1) is 0 Å². The van der Waals surface area contributed by atoms with E-state index in [1.165, 1.54) is 45.1 Å². The summed E-state index contributed by atoms with van der Waals surface area (Å²) in [4.78, 5) is 0. The Labute approximate surface area is 96.0 Å². The van der Waals surface area contributed by atoms with Gasteiger partial charge in [0, 0.05) is 6.04 Å². The van der Waals surface area contributed by atoms with Crippen LogP contribution in [0, 0.1) is 11.3 Å². The average molecular weight is 211 g/mol. The maximum atomic E-state index is 3.67. The molecule has 0 aliphatic heterocycles. The quantitative estimate of drug-likeness (QED) is 0.640. The summed E-state index contributed by atoms with van der Waals surface area (Å²) in [5.74, 6) is 0.875. The molecule has 1 heteroatoms. The van der Waals surface area contributed by atoms with Crippen LogP contribution < -0.4 is 5.32 Å². The fourth-order valence-electron chi connectivity index (χ4n) is 2.50. The van der Waals surface area contributed by atoms with Crippen molar-refractivity contribution in [1.82, 2.24) is 5.32 Å². The van der Waals surface area contributed by atoms with Crippen LogP contribution in [0.4, 0.5) is 0 Å². The molecule has 0 bridgehead atoms. The van der Waals surface area contributed by atoms with Crippen molar-refractivity contribution >= 4 is 0 Å². The number of rotatable bonds is 8. The van der Waals surface area contributed by atoms with Crippen molar-refractivity contribution in [2.45, 2.75) is 72.3 Å². The van der Waals surface area contributed by atoms with E-state index in [0.29, 0.717) is 5.41 Å². The molecule has 1 nitrogen and oxygen atoms in total. The molecule has 1 fully saturated rings. The van der Waals surface area contributed by atoms with Crippen molar-refractivity contribution < 1.29 is 0 Å². The number of nitrogens with one attached hydrogen (secondary N) is 1. The molecule has 1 atom stereocenters. The zero-order chi connectivity index (χ0) is 11.3. The molecule has 0 aromatic heterocycles. The van der Waals surface area contributed by atoms with Crippen molar-refractivity contribution in [3.8, 4) is 0 Å². The van der Waals surface area contributed by atoms with Gasteiger partial charge < -0.3 is 5.32 Å². The van der Waals surface area contributed by atoms with E-state index in [4.69, 9.17) is 0 Å². The van der Waals surface area contributed by atoms with Crippen molar-refractivity contribution in [2.24, 2.45) is 11.3 Å². The van der Waals surface area contributed by atoms with E-state index in [0.717, 1.165) is 12.0 Å². The van der Waals surface area contributed by atoms with Gasteiger partial charge in [-0.2, -0.15) is 0 Å². The smallest absolute Gasteiger partial charge is 0.00951 e. The summed E-state index contributed by atoms with van der Waals surface area (Å²) in [6.07, 6.45) is 8.46. The highest BCUT2D eigenvalue weighted by atomic mass is 14.9. The van der Waals surface area contributed by atoms with Gasteiger partial charge in [-0.1, -0.05) is 33.6 Å². The fraction of sp³-hybridized carbons (Fsp3) is 1.00. The van der Waals surface area contributed by atoms with E-state index in [9.17, 15) is 0 Å². The van der Waals surface area contributed by atoms with Gasteiger partial charge in [0.15, 0.2) is 0 Å². The van der Waals surface area contributed by atoms with E-state index >= 15 is 0 Å². The molecule has 1 saturated carbocycles. The Hall–Kier alpha value is -0.0400. The van der Waals surface area contributed by atoms with E-state index in [1.54, 1.807) is 0 Å². The Morgan fingerprint density at radius 1 is 1.20 bits per heavy atom. The molecule has 0 saturated heterocycles. The highest BCUT2D eigenvalue weighted by molar-refractivity contribution is 5.00. The maximum Gasteiger partial charge on any atom is 0.00951 e. The average Bonchev–Trinajstić information content (AvgIpc) is 2.95. The first-order valence-corrected chi connectivity index (χ1v) is 6.84. The third kappa shape index (κ3) is 4.14. The molecule has 1 N–H and O–H groups in total. The summed E-state index contributed by atoms with van der Waals surface area (Å²) in [6.45, 7) is 10.5. The summed E-state index contributed by atoms with van der Waals surface area (Å²) in [6, 6.07) is 0.740. The predicted octanol–water partition coefficient (Wildman–Crippen LogP) is 3.98. The van der Waals surface area contributed by atoms with Gasteiger partial charge in [-0.3, -0.25) is 0 Å². The van der Waals surface area contributed by atoms with Gasteiger partial charge in [0.1, 0.15) is 0 Å². The van der Waals surface area contributed by atoms with Crippen LogP contribution in [-0.2, 0) is 0 Å². The largest absolute Gasteiger partial charge is 0.314 e. The van der Waals surface area contributed by atoms with E-state index < -0.39 is 0 Å². The fourth-order valence-corrected chi connectivity index (χ4v) is 2.50. The lowest BCUT2D eigenvalue weighted by atomic mass is 9.90. The lowest BCUT2D eigenvalue weighted by Gasteiger charge is -2.24. The Bertz CT molecular complexity index is 170. The minimum Gasteiger partial charge on any atom is -0.314 e. The van der Waals surface area contributed by atoms with Crippen LogP contribution in [0.5, 0.6) is 0 Å². The summed E-state index contributed by atoms with van der Waals surface area (Å²) >= 11 is 0. The maximum absolute atomic E-state index is 3.67. The highest BCUT2D eigenvalue weighted by Crippen LogP contribution is 2.52. The van der Waals surface area contributed by atoms with Gasteiger partial charge in [0.2, 0.25) is 0 Å². The Morgan fingerprint density at radius 3 is 2.33 bits per heavy atom. The Kier molecular flexibility index (Phi) is 5.11. The van der Waals surface area contributed by atoms with Crippen LogP contribution in [0.1, 0.15) is 66.2 Å². The topological polar surface area (TPSA) is 12.0 Å². The van der Waals surface area contributed by atoms with Crippen molar-refractivity contribution in [2.75, 3.05) is 6.54 Å². The third-order valence-corrected chi connectivity index (χ3v) is 3.97. The van der Waals surface area contributed by atoms with Crippen molar-refractivity contribution in [3.63, 3.8) is 0 Å². The second kappa shape index (κ2) is 5.89. The van der Waals surface area contributed by atoms with Crippen LogP contribution >= 0.6 is 0 Å². The second-order valence-electron chi connectivity index (χ2n) is 5.82. The van der Waals surface area contributed by atoms with Crippen LogP contribution in [0.2, 0.25) is 0 Å². The molecule has 0 amide bonds.